The third-order valence-electron chi connectivity index (χ3n) is 3.96. The van der Waals surface area contributed by atoms with Gasteiger partial charge in [-0.05, 0) is 49.4 Å². The largest absolute Gasteiger partial charge is 0.492 e. The molecule has 0 aliphatic heterocycles. The zero-order valence-electron chi connectivity index (χ0n) is 15.0. The van der Waals surface area contributed by atoms with E-state index in [-0.39, 0.29) is 24.8 Å². The second-order valence-corrected chi connectivity index (χ2v) is 6.04. The molecule has 3 aromatic rings. The molecular weight excluding hydrogens is 371 g/mol. The van der Waals surface area contributed by atoms with Crippen molar-refractivity contribution in [3.63, 3.8) is 0 Å². The summed E-state index contributed by atoms with van der Waals surface area (Å²) < 4.78 is 44.6. The molecule has 28 heavy (non-hydrogen) atoms. The molecule has 1 N–H and O–H groups in total. The molecule has 5 nitrogen and oxygen atoms in total. The topological polar surface area (TPSA) is 56.1 Å². The summed E-state index contributed by atoms with van der Waals surface area (Å²) >= 11 is 0. The van der Waals surface area contributed by atoms with Crippen molar-refractivity contribution in [1.29, 1.82) is 0 Å². The Bertz CT molecular complexity index is 936. The Kier molecular flexibility index (Phi) is 5.67. The molecule has 0 saturated heterocycles. The number of aryl methyl sites for hydroxylation is 1. The van der Waals surface area contributed by atoms with Crippen molar-refractivity contribution in [3.05, 3.63) is 77.6 Å². The van der Waals surface area contributed by atoms with Crippen molar-refractivity contribution in [3.8, 4) is 11.4 Å². The number of aromatic nitrogens is 2. The van der Waals surface area contributed by atoms with Crippen LogP contribution in [0.2, 0.25) is 0 Å². The van der Waals surface area contributed by atoms with E-state index in [9.17, 15) is 18.0 Å². The minimum atomic E-state index is -4.38. The van der Waals surface area contributed by atoms with Crippen LogP contribution in [0.3, 0.4) is 0 Å². The molecule has 0 atom stereocenters. The van der Waals surface area contributed by atoms with Gasteiger partial charge in [0.1, 0.15) is 12.4 Å². The number of benzene rings is 2. The second kappa shape index (κ2) is 8.16. The SMILES string of the molecule is Cc1cc(C(=O)NCCOc2ccc(C(F)(F)F)cc2)nn1-c1ccccc1. The molecule has 3 rings (SSSR count). The Labute approximate surface area is 159 Å². The Hall–Kier alpha value is -3.29. The fourth-order valence-corrected chi connectivity index (χ4v) is 2.58. The summed E-state index contributed by atoms with van der Waals surface area (Å²) in [6.07, 6.45) is -4.38. The number of nitrogens with zero attached hydrogens (tertiary/aromatic N) is 2. The number of halogens is 3. The minimum Gasteiger partial charge on any atom is -0.492 e. The smallest absolute Gasteiger partial charge is 0.416 e. The van der Waals surface area contributed by atoms with E-state index >= 15 is 0 Å². The van der Waals surface area contributed by atoms with Crippen molar-refractivity contribution in [2.24, 2.45) is 0 Å². The molecule has 1 heterocycles. The maximum atomic E-state index is 12.5. The summed E-state index contributed by atoms with van der Waals surface area (Å²) in [5.74, 6) is -0.0553. The average molecular weight is 389 g/mol. The number of rotatable bonds is 6. The van der Waals surface area contributed by atoms with Crippen LogP contribution in [0.1, 0.15) is 21.7 Å². The maximum Gasteiger partial charge on any atom is 0.416 e. The number of hydrogen-bond donors (Lipinski definition) is 1. The van der Waals surface area contributed by atoms with E-state index in [1.165, 1.54) is 12.1 Å². The third kappa shape index (κ3) is 4.70. The molecule has 1 aromatic heterocycles. The number of para-hydroxylation sites is 1. The first-order valence-corrected chi connectivity index (χ1v) is 8.55. The van der Waals surface area contributed by atoms with E-state index in [2.05, 4.69) is 10.4 Å². The van der Waals surface area contributed by atoms with Gasteiger partial charge in [0.2, 0.25) is 0 Å². The summed E-state index contributed by atoms with van der Waals surface area (Å²) in [6, 6.07) is 15.5. The molecule has 0 aliphatic rings. The molecule has 0 unspecified atom stereocenters. The highest BCUT2D eigenvalue weighted by molar-refractivity contribution is 5.92. The predicted molar refractivity (Wildman–Crippen MR) is 97.6 cm³/mol. The molecule has 0 aliphatic carbocycles. The fraction of sp³-hybridized carbons (Fsp3) is 0.200. The van der Waals surface area contributed by atoms with Gasteiger partial charge in [-0.25, -0.2) is 4.68 Å². The lowest BCUT2D eigenvalue weighted by atomic mass is 10.2. The molecule has 0 bridgehead atoms. The van der Waals surface area contributed by atoms with Crippen molar-refractivity contribution in [2.75, 3.05) is 13.2 Å². The predicted octanol–water partition coefficient (Wildman–Crippen LogP) is 4.01. The Morgan fingerprint density at radius 3 is 2.43 bits per heavy atom. The van der Waals surface area contributed by atoms with Crippen LogP contribution in [-0.2, 0) is 6.18 Å². The van der Waals surface area contributed by atoms with Gasteiger partial charge in [-0.3, -0.25) is 4.79 Å². The Morgan fingerprint density at radius 1 is 1.11 bits per heavy atom. The number of amides is 1. The number of nitrogens with one attached hydrogen (secondary N) is 1. The van der Waals surface area contributed by atoms with Gasteiger partial charge >= 0.3 is 6.18 Å². The number of ether oxygens (including phenoxy) is 1. The standard InChI is InChI=1S/C20H18F3N3O2/c1-14-13-18(25-26(14)16-5-3-2-4-6-16)19(27)24-11-12-28-17-9-7-15(8-10-17)20(21,22)23/h2-10,13H,11-12H2,1H3,(H,24,27). The minimum absolute atomic E-state index is 0.121. The van der Waals surface area contributed by atoms with E-state index in [1.54, 1.807) is 10.7 Å². The molecule has 1 amide bonds. The fourth-order valence-electron chi connectivity index (χ4n) is 2.58. The van der Waals surface area contributed by atoms with Gasteiger partial charge in [-0.1, -0.05) is 18.2 Å². The lowest BCUT2D eigenvalue weighted by molar-refractivity contribution is -0.137. The van der Waals surface area contributed by atoms with Gasteiger partial charge in [0.05, 0.1) is 17.8 Å². The molecule has 146 valence electrons. The van der Waals surface area contributed by atoms with Gasteiger partial charge < -0.3 is 10.1 Å². The highest BCUT2D eigenvalue weighted by Crippen LogP contribution is 2.30. The van der Waals surface area contributed by atoms with Crippen LogP contribution in [0.5, 0.6) is 5.75 Å². The molecule has 8 heteroatoms. The van der Waals surface area contributed by atoms with Crippen molar-refractivity contribution >= 4 is 5.91 Å². The third-order valence-corrected chi connectivity index (χ3v) is 3.96. The van der Waals surface area contributed by atoms with Crippen LogP contribution in [0.4, 0.5) is 13.2 Å². The number of carbonyl (C=O) groups is 1. The normalized spacial score (nSPS) is 11.3. The number of alkyl halides is 3. The van der Waals surface area contributed by atoms with E-state index in [4.69, 9.17) is 4.74 Å². The quantitative estimate of drug-likeness (QED) is 0.648. The van der Waals surface area contributed by atoms with E-state index in [0.717, 1.165) is 23.5 Å². The molecule has 0 fully saturated rings. The van der Waals surface area contributed by atoms with Crippen molar-refractivity contribution in [1.82, 2.24) is 15.1 Å². The average Bonchev–Trinajstić information content (AvgIpc) is 3.07. The second-order valence-electron chi connectivity index (χ2n) is 6.04. The number of carbonyl (C=O) groups excluding carboxylic acids is 1. The Morgan fingerprint density at radius 2 is 1.79 bits per heavy atom. The Balaban J connectivity index is 1.51. The van der Waals surface area contributed by atoms with Crippen LogP contribution in [-0.4, -0.2) is 28.8 Å². The van der Waals surface area contributed by atoms with Crippen molar-refractivity contribution < 1.29 is 22.7 Å². The first-order chi connectivity index (χ1) is 13.3. The molecule has 0 radical (unpaired) electrons. The van der Waals surface area contributed by atoms with Crippen LogP contribution < -0.4 is 10.1 Å². The highest BCUT2D eigenvalue weighted by atomic mass is 19.4. The summed E-state index contributed by atoms with van der Waals surface area (Å²) in [5.41, 5.74) is 1.20. The molecule has 2 aromatic carbocycles. The van der Waals surface area contributed by atoms with Crippen LogP contribution >= 0.6 is 0 Å². The van der Waals surface area contributed by atoms with Gasteiger partial charge in [0.15, 0.2) is 5.69 Å². The van der Waals surface area contributed by atoms with Gasteiger partial charge in [0.25, 0.3) is 5.91 Å². The molecule has 0 saturated carbocycles. The van der Waals surface area contributed by atoms with Crippen LogP contribution in [0, 0.1) is 6.92 Å². The van der Waals surface area contributed by atoms with Crippen molar-refractivity contribution in [2.45, 2.75) is 13.1 Å². The summed E-state index contributed by atoms with van der Waals surface area (Å²) in [7, 11) is 0. The van der Waals surface area contributed by atoms with E-state index in [0.29, 0.717) is 5.75 Å². The molecule has 0 spiro atoms. The zero-order chi connectivity index (χ0) is 20.1. The van der Waals surface area contributed by atoms with E-state index < -0.39 is 11.7 Å². The van der Waals surface area contributed by atoms with Gasteiger partial charge in [0, 0.05) is 5.69 Å². The number of hydrogen-bond acceptors (Lipinski definition) is 3. The maximum absolute atomic E-state index is 12.5. The lowest BCUT2D eigenvalue weighted by Gasteiger charge is -2.09. The summed E-state index contributed by atoms with van der Waals surface area (Å²) in [5, 5.41) is 6.98. The zero-order valence-corrected chi connectivity index (χ0v) is 15.0. The van der Waals surface area contributed by atoms with Gasteiger partial charge in [-0.2, -0.15) is 18.3 Å². The highest BCUT2D eigenvalue weighted by Gasteiger charge is 2.30. The summed E-state index contributed by atoms with van der Waals surface area (Å²) in [4.78, 5) is 12.2. The lowest BCUT2D eigenvalue weighted by Crippen LogP contribution is -2.28. The van der Waals surface area contributed by atoms with Gasteiger partial charge in [-0.15, -0.1) is 0 Å². The summed E-state index contributed by atoms with van der Waals surface area (Å²) in [6.45, 7) is 2.16. The molecular formula is C20H18F3N3O2. The first-order valence-electron chi connectivity index (χ1n) is 8.55. The van der Waals surface area contributed by atoms with Crippen LogP contribution in [0.25, 0.3) is 5.69 Å². The monoisotopic (exact) mass is 389 g/mol. The first kappa shape index (κ1) is 19.5. The van der Waals surface area contributed by atoms with E-state index in [1.807, 2.05) is 37.3 Å². The van der Waals surface area contributed by atoms with Crippen LogP contribution in [0.15, 0.2) is 60.7 Å².